The van der Waals surface area contributed by atoms with E-state index in [4.69, 9.17) is 0 Å². The molecule has 1 aliphatic heterocycles. The van der Waals surface area contributed by atoms with Crippen LogP contribution in [0, 0.1) is 5.92 Å². The third-order valence-corrected chi connectivity index (χ3v) is 5.00. The first-order chi connectivity index (χ1) is 10.1. The fourth-order valence-electron chi connectivity index (χ4n) is 3.95. The van der Waals surface area contributed by atoms with Crippen LogP contribution in [-0.2, 0) is 18.3 Å². The van der Waals surface area contributed by atoms with Crippen LogP contribution in [0.5, 0.6) is 0 Å². The number of aryl methyl sites for hydroxylation is 1. The Morgan fingerprint density at radius 1 is 1.33 bits per heavy atom. The maximum absolute atomic E-state index is 12.6. The third-order valence-electron chi connectivity index (χ3n) is 5.00. The molecule has 1 aliphatic carbocycles. The average molecular weight is 291 g/mol. The monoisotopic (exact) mass is 291 g/mol. The van der Waals surface area contributed by atoms with E-state index in [9.17, 15) is 9.90 Å². The largest absolute Gasteiger partial charge is 0.393 e. The topological polar surface area (TPSA) is 58.4 Å². The van der Waals surface area contributed by atoms with Crippen LogP contribution in [0.3, 0.4) is 0 Å². The average Bonchev–Trinajstić information content (AvgIpc) is 3.08. The van der Waals surface area contributed by atoms with Gasteiger partial charge in [-0.15, -0.1) is 0 Å². The normalized spacial score (nSPS) is 29.8. The van der Waals surface area contributed by atoms with Crippen LogP contribution in [0.2, 0.25) is 0 Å². The molecule has 116 valence electrons. The standard InChI is InChI=1S/C16H25N3O2/c1-18-10-8-12(17-18)11-16(21)19-9-4-6-14(19)13-5-2-3-7-15(13)20/h8,10,13-15,20H,2-7,9,11H2,1H3/t13-,14+,15-/m0/s1. The van der Waals surface area contributed by atoms with Gasteiger partial charge in [0.2, 0.25) is 5.91 Å². The Labute approximate surface area is 125 Å². The van der Waals surface area contributed by atoms with Gasteiger partial charge in [0.1, 0.15) is 0 Å². The molecule has 0 spiro atoms. The summed E-state index contributed by atoms with van der Waals surface area (Å²) in [6.07, 6.45) is 8.36. The van der Waals surface area contributed by atoms with Crippen molar-refractivity contribution in [2.24, 2.45) is 13.0 Å². The van der Waals surface area contributed by atoms with Crippen molar-refractivity contribution in [3.05, 3.63) is 18.0 Å². The molecule has 5 nitrogen and oxygen atoms in total. The van der Waals surface area contributed by atoms with Crippen molar-refractivity contribution < 1.29 is 9.90 Å². The van der Waals surface area contributed by atoms with E-state index in [-0.39, 0.29) is 24.0 Å². The Morgan fingerprint density at radius 3 is 2.86 bits per heavy atom. The Hall–Kier alpha value is -1.36. The highest BCUT2D eigenvalue weighted by Crippen LogP contribution is 2.34. The van der Waals surface area contributed by atoms with Gasteiger partial charge < -0.3 is 10.0 Å². The van der Waals surface area contributed by atoms with Crippen molar-refractivity contribution in [1.29, 1.82) is 0 Å². The van der Waals surface area contributed by atoms with Gasteiger partial charge in [-0.3, -0.25) is 9.48 Å². The number of rotatable bonds is 3. The van der Waals surface area contributed by atoms with E-state index in [2.05, 4.69) is 5.10 Å². The van der Waals surface area contributed by atoms with Gasteiger partial charge in [0.15, 0.2) is 0 Å². The second-order valence-corrected chi connectivity index (χ2v) is 6.47. The molecule has 1 saturated heterocycles. The number of hydrogen-bond acceptors (Lipinski definition) is 3. The highest BCUT2D eigenvalue weighted by molar-refractivity contribution is 5.79. The minimum Gasteiger partial charge on any atom is -0.393 e. The minimum absolute atomic E-state index is 0.161. The van der Waals surface area contributed by atoms with E-state index in [0.29, 0.717) is 6.42 Å². The molecule has 1 amide bonds. The second kappa shape index (κ2) is 6.18. The molecule has 0 radical (unpaired) electrons. The Balaban J connectivity index is 1.66. The Bertz CT molecular complexity index is 499. The minimum atomic E-state index is -0.230. The molecule has 1 aromatic rings. The van der Waals surface area contributed by atoms with Crippen LogP contribution in [0.25, 0.3) is 0 Å². The first kappa shape index (κ1) is 14.6. The molecule has 3 atom stereocenters. The summed E-state index contributed by atoms with van der Waals surface area (Å²) in [5.41, 5.74) is 0.831. The van der Waals surface area contributed by atoms with Crippen molar-refractivity contribution in [2.45, 2.75) is 57.1 Å². The third kappa shape index (κ3) is 3.12. The lowest BCUT2D eigenvalue weighted by Crippen LogP contribution is -2.45. The van der Waals surface area contributed by atoms with Gasteiger partial charge in [0.25, 0.3) is 0 Å². The van der Waals surface area contributed by atoms with Crippen LogP contribution >= 0.6 is 0 Å². The molecule has 1 N–H and O–H groups in total. The Morgan fingerprint density at radius 2 is 2.14 bits per heavy atom. The molecule has 2 aliphatic rings. The zero-order valence-corrected chi connectivity index (χ0v) is 12.7. The van der Waals surface area contributed by atoms with Crippen LogP contribution < -0.4 is 0 Å². The summed E-state index contributed by atoms with van der Waals surface area (Å²) in [5.74, 6) is 0.433. The first-order valence-corrected chi connectivity index (χ1v) is 8.11. The maximum Gasteiger partial charge on any atom is 0.228 e. The van der Waals surface area contributed by atoms with Crippen molar-refractivity contribution in [2.75, 3.05) is 6.54 Å². The van der Waals surface area contributed by atoms with Gasteiger partial charge in [-0.2, -0.15) is 5.10 Å². The van der Waals surface area contributed by atoms with Crippen molar-refractivity contribution in [3.63, 3.8) is 0 Å². The lowest BCUT2D eigenvalue weighted by molar-refractivity contribution is -0.133. The fourth-order valence-corrected chi connectivity index (χ4v) is 3.95. The summed E-state index contributed by atoms with van der Waals surface area (Å²) < 4.78 is 1.73. The van der Waals surface area contributed by atoms with E-state index >= 15 is 0 Å². The summed E-state index contributed by atoms with van der Waals surface area (Å²) in [6, 6.07) is 2.13. The molecule has 2 fully saturated rings. The summed E-state index contributed by atoms with van der Waals surface area (Å²) in [5, 5.41) is 14.6. The fraction of sp³-hybridized carbons (Fsp3) is 0.750. The van der Waals surface area contributed by atoms with Crippen LogP contribution in [0.15, 0.2) is 12.3 Å². The van der Waals surface area contributed by atoms with E-state index in [1.165, 1.54) is 6.42 Å². The van der Waals surface area contributed by atoms with E-state index in [1.54, 1.807) is 4.68 Å². The predicted octanol–water partition coefficient (Wildman–Crippen LogP) is 1.50. The van der Waals surface area contributed by atoms with Gasteiger partial charge in [-0.1, -0.05) is 12.8 Å². The molecule has 21 heavy (non-hydrogen) atoms. The number of nitrogens with zero attached hydrogens (tertiary/aromatic N) is 3. The van der Waals surface area contributed by atoms with Crippen molar-refractivity contribution in [3.8, 4) is 0 Å². The van der Waals surface area contributed by atoms with Gasteiger partial charge in [-0.05, 0) is 31.7 Å². The molecular formula is C16H25N3O2. The number of aliphatic hydroxyl groups is 1. The molecule has 0 bridgehead atoms. The number of carbonyl (C=O) groups excluding carboxylic acids is 1. The molecule has 1 saturated carbocycles. The summed E-state index contributed by atoms with van der Waals surface area (Å²) in [4.78, 5) is 14.6. The molecule has 3 rings (SSSR count). The lowest BCUT2D eigenvalue weighted by atomic mass is 9.80. The number of likely N-dealkylation sites (tertiary alicyclic amines) is 1. The first-order valence-electron chi connectivity index (χ1n) is 8.11. The van der Waals surface area contributed by atoms with Crippen LogP contribution in [0.4, 0.5) is 0 Å². The maximum atomic E-state index is 12.6. The highest BCUT2D eigenvalue weighted by Gasteiger charge is 2.38. The van der Waals surface area contributed by atoms with E-state index in [1.807, 2.05) is 24.2 Å². The van der Waals surface area contributed by atoms with Gasteiger partial charge in [0, 0.05) is 31.7 Å². The van der Waals surface area contributed by atoms with Crippen LogP contribution in [-0.4, -0.2) is 44.4 Å². The van der Waals surface area contributed by atoms with E-state index in [0.717, 1.165) is 44.3 Å². The molecule has 1 aromatic heterocycles. The van der Waals surface area contributed by atoms with Gasteiger partial charge in [-0.25, -0.2) is 0 Å². The molecule has 0 aromatic carbocycles. The number of aliphatic hydroxyl groups excluding tert-OH is 1. The number of amides is 1. The molecule has 0 unspecified atom stereocenters. The highest BCUT2D eigenvalue weighted by atomic mass is 16.3. The van der Waals surface area contributed by atoms with Gasteiger partial charge in [0.05, 0.1) is 18.2 Å². The second-order valence-electron chi connectivity index (χ2n) is 6.47. The summed E-state index contributed by atoms with van der Waals surface area (Å²) in [7, 11) is 1.87. The smallest absolute Gasteiger partial charge is 0.228 e. The number of aromatic nitrogens is 2. The molecule has 5 heteroatoms. The summed E-state index contributed by atoms with van der Waals surface area (Å²) in [6.45, 7) is 0.833. The summed E-state index contributed by atoms with van der Waals surface area (Å²) >= 11 is 0. The van der Waals surface area contributed by atoms with E-state index < -0.39 is 0 Å². The Kier molecular flexibility index (Phi) is 4.29. The van der Waals surface area contributed by atoms with Gasteiger partial charge >= 0.3 is 0 Å². The van der Waals surface area contributed by atoms with Crippen LogP contribution in [0.1, 0.15) is 44.2 Å². The molecular weight excluding hydrogens is 266 g/mol. The zero-order chi connectivity index (χ0) is 14.8. The van der Waals surface area contributed by atoms with Crippen molar-refractivity contribution in [1.82, 2.24) is 14.7 Å². The quantitative estimate of drug-likeness (QED) is 0.918. The number of hydrogen-bond donors (Lipinski definition) is 1. The molecule has 2 heterocycles. The zero-order valence-electron chi connectivity index (χ0n) is 12.7. The van der Waals surface area contributed by atoms with Crippen molar-refractivity contribution >= 4 is 5.91 Å². The SMILES string of the molecule is Cn1ccc(CC(=O)N2CCC[C@@H]2[C@@H]2CCCC[C@@H]2O)n1. The lowest BCUT2D eigenvalue weighted by Gasteiger charge is -2.37. The predicted molar refractivity (Wildman–Crippen MR) is 79.6 cm³/mol. The number of carbonyl (C=O) groups is 1.